The molecule has 0 radical (unpaired) electrons. The lowest BCUT2D eigenvalue weighted by atomic mass is 10.4. The van der Waals surface area contributed by atoms with Crippen molar-refractivity contribution < 1.29 is 25.9 Å². The molecule has 0 aliphatic carbocycles. The van der Waals surface area contributed by atoms with Crippen LogP contribution in [0.4, 0.5) is 0 Å². The van der Waals surface area contributed by atoms with Gasteiger partial charge >= 0.3 is 0 Å². The Labute approximate surface area is 152 Å². The standard InChI is InChI=1S/C13H14N4O6S3/c1-7-11(9(3)22-14-7)25(18,19)16-13-17(5-6-24-13)26(20,21)12-8(2)15-23-10(12)4/h5-6H,1-4H3/b16-13-. The molecule has 0 unspecified atom stereocenters. The van der Waals surface area contributed by atoms with Crippen LogP contribution in [-0.4, -0.2) is 31.1 Å². The molecule has 3 aromatic heterocycles. The van der Waals surface area contributed by atoms with E-state index in [0.717, 1.165) is 15.3 Å². The highest BCUT2D eigenvalue weighted by molar-refractivity contribution is 7.90. The molecule has 0 aromatic carbocycles. The van der Waals surface area contributed by atoms with Crippen LogP contribution in [0.5, 0.6) is 0 Å². The molecule has 3 rings (SSSR count). The Morgan fingerprint density at radius 1 is 0.962 bits per heavy atom. The number of sulfonamides is 1. The van der Waals surface area contributed by atoms with Gasteiger partial charge in [-0.15, -0.1) is 15.7 Å². The average Bonchev–Trinajstić information content (AvgIpc) is 3.19. The second-order valence-electron chi connectivity index (χ2n) is 5.36. The Morgan fingerprint density at radius 2 is 1.50 bits per heavy atom. The topological polar surface area (TPSA) is 138 Å². The van der Waals surface area contributed by atoms with Gasteiger partial charge in [0.1, 0.15) is 11.4 Å². The van der Waals surface area contributed by atoms with Crippen molar-refractivity contribution in [1.29, 1.82) is 0 Å². The molecule has 26 heavy (non-hydrogen) atoms. The van der Waals surface area contributed by atoms with Crippen molar-refractivity contribution >= 4 is 31.4 Å². The van der Waals surface area contributed by atoms with Crippen LogP contribution in [0.15, 0.2) is 34.8 Å². The molecule has 10 nitrogen and oxygen atoms in total. The summed E-state index contributed by atoms with van der Waals surface area (Å²) in [6, 6.07) is 0. The number of rotatable bonds is 4. The van der Waals surface area contributed by atoms with E-state index in [0.29, 0.717) is 0 Å². The van der Waals surface area contributed by atoms with Gasteiger partial charge in [0.25, 0.3) is 20.0 Å². The summed E-state index contributed by atoms with van der Waals surface area (Å²) in [6.45, 7) is 5.83. The Hall–Kier alpha value is -2.25. The summed E-state index contributed by atoms with van der Waals surface area (Å²) in [7, 11) is -8.35. The van der Waals surface area contributed by atoms with Gasteiger partial charge in [0.15, 0.2) is 21.3 Å². The van der Waals surface area contributed by atoms with Crippen LogP contribution < -0.4 is 4.80 Å². The lowest BCUT2D eigenvalue weighted by molar-refractivity contribution is 0.390. The molecular weight excluding hydrogens is 404 g/mol. The van der Waals surface area contributed by atoms with Crippen LogP contribution in [0, 0.1) is 27.7 Å². The molecule has 3 aromatic rings. The summed E-state index contributed by atoms with van der Waals surface area (Å²) < 4.78 is 65.2. The van der Waals surface area contributed by atoms with E-state index in [4.69, 9.17) is 9.05 Å². The van der Waals surface area contributed by atoms with Crippen molar-refractivity contribution in [2.24, 2.45) is 4.40 Å². The second-order valence-corrected chi connectivity index (χ2v) is 9.53. The minimum absolute atomic E-state index is 0.0722. The van der Waals surface area contributed by atoms with Crippen LogP contribution >= 0.6 is 11.3 Å². The fourth-order valence-electron chi connectivity index (χ4n) is 2.44. The minimum Gasteiger partial charge on any atom is -0.360 e. The summed E-state index contributed by atoms with van der Waals surface area (Å²) in [6.07, 6.45) is 1.22. The number of hydrogen-bond donors (Lipinski definition) is 0. The van der Waals surface area contributed by atoms with Crippen molar-refractivity contribution in [2.75, 3.05) is 0 Å². The first-order valence-electron chi connectivity index (χ1n) is 7.14. The first kappa shape index (κ1) is 18.5. The van der Waals surface area contributed by atoms with E-state index in [2.05, 4.69) is 14.7 Å². The lowest BCUT2D eigenvalue weighted by Gasteiger charge is -2.04. The number of aryl methyl sites for hydroxylation is 4. The molecule has 0 atom stereocenters. The molecule has 140 valence electrons. The van der Waals surface area contributed by atoms with E-state index >= 15 is 0 Å². The zero-order valence-corrected chi connectivity index (χ0v) is 16.6. The van der Waals surface area contributed by atoms with Gasteiger partial charge in [-0.2, -0.15) is 8.42 Å². The fourth-order valence-corrected chi connectivity index (χ4v) is 6.60. The van der Waals surface area contributed by atoms with Gasteiger partial charge in [-0.25, -0.2) is 12.4 Å². The Balaban J connectivity index is 2.23. The van der Waals surface area contributed by atoms with Crippen molar-refractivity contribution in [3.05, 3.63) is 39.3 Å². The van der Waals surface area contributed by atoms with Crippen LogP contribution in [0.25, 0.3) is 0 Å². The zero-order chi connectivity index (χ0) is 19.3. The Kier molecular flexibility index (Phi) is 4.40. The van der Waals surface area contributed by atoms with Crippen LogP contribution in [-0.2, 0) is 20.0 Å². The number of hydrogen-bond acceptors (Lipinski definition) is 9. The van der Waals surface area contributed by atoms with Gasteiger partial charge in [0.2, 0.25) is 4.80 Å². The van der Waals surface area contributed by atoms with Crippen molar-refractivity contribution in [3.63, 3.8) is 0 Å². The lowest BCUT2D eigenvalue weighted by Crippen LogP contribution is -2.25. The predicted octanol–water partition coefficient (Wildman–Crippen LogP) is 1.29. The number of aromatic nitrogens is 3. The molecule has 0 spiro atoms. The monoisotopic (exact) mass is 418 g/mol. The first-order valence-corrected chi connectivity index (χ1v) is 10.9. The normalized spacial score (nSPS) is 13.5. The van der Waals surface area contributed by atoms with Gasteiger partial charge in [-0.05, 0) is 27.7 Å². The average molecular weight is 418 g/mol. The molecule has 13 heteroatoms. The highest BCUT2D eigenvalue weighted by atomic mass is 32.2. The molecule has 3 heterocycles. The van der Waals surface area contributed by atoms with Gasteiger partial charge in [0.05, 0.1) is 0 Å². The van der Waals surface area contributed by atoms with E-state index < -0.39 is 20.0 Å². The maximum atomic E-state index is 12.9. The largest absolute Gasteiger partial charge is 0.360 e. The summed E-state index contributed by atoms with van der Waals surface area (Å²) in [5, 5.41) is 8.63. The van der Waals surface area contributed by atoms with E-state index in [1.807, 2.05) is 0 Å². The van der Waals surface area contributed by atoms with Gasteiger partial charge in [-0.3, -0.25) is 0 Å². The first-order chi connectivity index (χ1) is 12.1. The van der Waals surface area contributed by atoms with E-state index in [1.165, 1.54) is 39.3 Å². The number of nitrogens with zero attached hydrogens (tertiary/aromatic N) is 4. The molecule has 0 N–H and O–H groups in total. The van der Waals surface area contributed by atoms with E-state index in [1.54, 1.807) is 0 Å². The quantitative estimate of drug-likeness (QED) is 0.618. The van der Waals surface area contributed by atoms with Crippen LogP contribution in [0.1, 0.15) is 22.9 Å². The van der Waals surface area contributed by atoms with Gasteiger partial charge in [-0.1, -0.05) is 10.3 Å². The second kappa shape index (κ2) is 6.17. The Bertz CT molecular complexity index is 1220. The highest BCUT2D eigenvalue weighted by Gasteiger charge is 2.29. The summed E-state index contributed by atoms with van der Waals surface area (Å²) in [5.41, 5.74) is 0.309. The third-order valence-corrected chi connectivity index (χ3v) is 7.88. The molecule has 0 amide bonds. The Morgan fingerprint density at radius 3 is 2.00 bits per heavy atom. The molecule has 0 saturated heterocycles. The third-order valence-electron chi connectivity index (χ3n) is 3.47. The summed E-state index contributed by atoms with van der Waals surface area (Å²) in [5.74, 6) is 0.170. The molecule has 0 aliphatic heterocycles. The maximum Gasteiger partial charge on any atom is 0.290 e. The van der Waals surface area contributed by atoms with E-state index in [9.17, 15) is 16.8 Å². The smallest absolute Gasteiger partial charge is 0.290 e. The minimum atomic E-state index is -4.22. The zero-order valence-electron chi connectivity index (χ0n) is 14.1. The van der Waals surface area contributed by atoms with Crippen LogP contribution in [0.3, 0.4) is 0 Å². The van der Waals surface area contributed by atoms with Crippen molar-refractivity contribution in [2.45, 2.75) is 37.5 Å². The summed E-state index contributed by atoms with van der Waals surface area (Å²) in [4.78, 5) is -0.565. The third kappa shape index (κ3) is 2.91. The molecule has 0 fully saturated rings. The van der Waals surface area contributed by atoms with Gasteiger partial charge in [0, 0.05) is 11.6 Å². The maximum absolute atomic E-state index is 12.9. The van der Waals surface area contributed by atoms with Crippen molar-refractivity contribution in [3.8, 4) is 0 Å². The SMILES string of the molecule is Cc1noc(C)c1S(=O)(=O)/N=c1\sccn1S(=O)(=O)c1c(C)noc1C. The van der Waals surface area contributed by atoms with Crippen LogP contribution in [0.2, 0.25) is 0 Å². The van der Waals surface area contributed by atoms with Crippen molar-refractivity contribution in [1.82, 2.24) is 14.3 Å². The number of thiazole rings is 1. The van der Waals surface area contributed by atoms with Gasteiger partial charge < -0.3 is 9.05 Å². The molecule has 0 aliphatic rings. The highest BCUT2D eigenvalue weighted by Crippen LogP contribution is 2.23. The summed E-state index contributed by atoms with van der Waals surface area (Å²) >= 11 is 0.857. The van der Waals surface area contributed by atoms with E-state index in [-0.39, 0.29) is 37.5 Å². The molecule has 0 bridgehead atoms. The molecular formula is C13H14N4O6S3. The predicted molar refractivity (Wildman–Crippen MR) is 89.6 cm³/mol. The fraction of sp³-hybridized carbons (Fsp3) is 0.308. The molecule has 0 saturated carbocycles.